The number of para-hydroxylation sites is 2. The second-order valence-corrected chi connectivity index (χ2v) is 10.2. The molecule has 190 valence electrons. The molecule has 1 aliphatic heterocycles. The van der Waals surface area contributed by atoms with E-state index in [9.17, 15) is 21.6 Å². The van der Waals surface area contributed by atoms with Crippen LogP contribution in [0.25, 0.3) is 11.0 Å². The molecule has 0 saturated carbocycles. The zero-order chi connectivity index (χ0) is 25.2. The summed E-state index contributed by atoms with van der Waals surface area (Å²) in [6.45, 7) is 1.96. The summed E-state index contributed by atoms with van der Waals surface area (Å²) in [6, 6.07) is 5.94. The molecule has 3 atom stereocenters. The molecule has 1 saturated heterocycles. The number of benzene rings is 1. The summed E-state index contributed by atoms with van der Waals surface area (Å²) in [6.07, 6.45) is -6.47. The Morgan fingerprint density at radius 3 is 2.60 bits per heavy atom. The predicted molar refractivity (Wildman–Crippen MR) is 120 cm³/mol. The van der Waals surface area contributed by atoms with Crippen molar-refractivity contribution >= 4 is 26.9 Å². The van der Waals surface area contributed by atoms with Crippen molar-refractivity contribution in [3.63, 3.8) is 0 Å². The van der Waals surface area contributed by atoms with Crippen LogP contribution in [0.15, 0.2) is 24.3 Å². The predicted octanol–water partition coefficient (Wildman–Crippen LogP) is 2.36. The lowest BCUT2D eigenvalue weighted by Crippen LogP contribution is -2.46. The van der Waals surface area contributed by atoms with Gasteiger partial charge in [0.15, 0.2) is 11.9 Å². The standard InChI is InChI=1S/C20H25F3N8O3S/c1-3-10-35(32,33)28-17-19(26-14-7-5-4-6-13(14)25-17)34-16(20(21,22)23)12-8-9-24-15(11-12)18-27-29-30-31(18)2/h4-7,12,15-16,24H,3,8-11H2,1-2H3,(H,25,28). The van der Waals surface area contributed by atoms with Crippen LogP contribution in [0.5, 0.6) is 5.88 Å². The fourth-order valence-electron chi connectivity index (χ4n) is 4.10. The fraction of sp³-hybridized carbons (Fsp3) is 0.550. The van der Waals surface area contributed by atoms with E-state index in [-0.39, 0.29) is 36.5 Å². The molecule has 35 heavy (non-hydrogen) atoms. The van der Waals surface area contributed by atoms with Crippen LogP contribution in [0, 0.1) is 5.92 Å². The maximum atomic E-state index is 14.3. The number of piperidine rings is 1. The van der Waals surface area contributed by atoms with Crippen molar-refractivity contribution in [1.29, 1.82) is 0 Å². The zero-order valence-electron chi connectivity index (χ0n) is 19.0. The minimum Gasteiger partial charge on any atom is -0.462 e. The summed E-state index contributed by atoms with van der Waals surface area (Å²) in [5.74, 6) is -1.69. The molecular formula is C20H25F3N8O3S. The smallest absolute Gasteiger partial charge is 0.425 e. The van der Waals surface area contributed by atoms with E-state index in [0.717, 1.165) is 0 Å². The van der Waals surface area contributed by atoms with Crippen LogP contribution in [0.3, 0.4) is 0 Å². The summed E-state index contributed by atoms with van der Waals surface area (Å²) >= 11 is 0. The molecule has 0 aliphatic carbocycles. The van der Waals surface area contributed by atoms with Gasteiger partial charge in [-0.15, -0.1) is 5.10 Å². The number of tetrazole rings is 1. The summed E-state index contributed by atoms with van der Waals surface area (Å²) in [4.78, 5) is 8.39. The van der Waals surface area contributed by atoms with Gasteiger partial charge in [-0.3, -0.25) is 4.72 Å². The first-order valence-corrected chi connectivity index (χ1v) is 12.7. The Morgan fingerprint density at radius 1 is 1.26 bits per heavy atom. The van der Waals surface area contributed by atoms with Crippen LogP contribution in [-0.4, -0.2) is 63.2 Å². The minimum absolute atomic E-state index is 0.0519. The molecule has 0 amide bonds. The molecular weight excluding hydrogens is 489 g/mol. The molecule has 2 aromatic heterocycles. The normalized spacial score (nSPS) is 20.0. The first kappa shape index (κ1) is 25.0. The first-order chi connectivity index (χ1) is 16.6. The van der Waals surface area contributed by atoms with Crippen LogP contribution in [-0.2, 0) is 17.1 Å². The molecule has 1 aromatic carbocycles. The Labute approximate surface area is 199 Å². The second-order valence-electron chi connectivity index (χ2n) is 8.32. The number of anilines is 1. The van der Waals surface area contributed by atoms with Crippen molar-refractivity contribution in [3.05, 3.63) is 30.1 Å². The third-order valence-electron chi connectivity index (χ3n) is 5.66. The number of ether oxygens (including phenoxy) is 1. The number of hydrogen-bond acceptors (Lipinski definition) is 9. The number of sulfonamides is 1. The largest absolute Gasteiger partial charge is 0.462 e. The van der Waals surface area contributed by atoms with Crippen LogP contribution < -0.4 is 14.8 Å². The van der Waals surface area contributed by atoms with Crippen LogP contribution in [0.2, 0.25) is 0 Å². The van der Waals surface area contributed by atoms with Gasteiger partial charge in [0.2, 0.25) is 15.8 Å². The van der Waals surface area contributed by atoms with Gasteiger partial charge < -0.3 is 10.1 Å². The number of nitrogens with zero attached hydrogens (tertiary/aromatic N) is 6. The Kier molecular flexibility index (Phi) is 7.07. The van der Waals surface area contributed by atoms with Gasteiger partial charge in [0.1, 0.15) is 0 Å². The van der Waals surface area contributed by atoms with Crippen molar-refractivity contribution in [2.45, 2.75) is 44.5 Å². The van der Waals surface area contributed by atoms with Gasteiger partial charge in [-0.05, 0) is 48.4 Å². The van der Waals surface area contributed by atoms with Gasteiger partial charge in [-0.1, -0.05) is 19.1 Å². The lowest BCUT2D eigenvalue weighted by molar-refractivity contribution is -0.214. The maximum absolute atomic E-state index is 14.3. The van der Waals surface area contributed by atoms with E-state index >= 15 is 0 Å². The number of rotatable bonds is 8. The topological polar surface area (TPSA) is 137 Å². The average Bonchev–Trinajstić information content (AvgIpc) is 3.22. The Hall–Kier alpha value is -3.07. The highest BCUT2D eigenvalue weighted by Gasteiger charge is 2.49. The summed E-state index contributed by atoms with van der Waals surface area (Å²) in [7, 11) is -2.25. The van der Waals surface area contributed by atoms with Crippen LogP contribution in [0.1, 0.15) is 38.1 Å². The Bertz CT molecular complexity index is 1280. The quantitative estimate of drug-likeness (QED) is 0.464. The Morgan fingerprint density at radius 2 is 1.97 bits per heavy atom. The average molecular weight is 515 g/mol. The molecule has 1 aliphatic rings. The third-order valence-corrected chi connectivity index (χ3v) is 7.11. The maximum Gasteiger partial charge on any atom is 0.425 e. The van der Waals surface area contributed by atoms with Gasteiger partial charge in [-0.25, -0.2) is 23.1 Å². The van der Waals surface area contributed by atoms with Crippen molar-refractivity contribution in [1.82, 2.24) is 35.5 Å². The lowest BCUT2D eigenvalue weighted by Gasteiger charge is -2.35. The van der Waals surface area contributed by atoms with Gasteiger partial charge in [-0.2, -0.15) is 13.2 Å². The number of aromatic nitrogens is 6. The van der Waals surface area contributed by atoms with E-state index in [1.165, 1.54) is 4.68 Å². The molecule has 3 aromatic rings. The van der Waals surface area contributed by atoms with Gasteiger partial charge >= 0.3 is 6.18 Å². The Balaban J connectivity index is 1.69. The lowest BCUT2D eigenvalue weighted by atomic mass is 9.87. The molecule has 0 radical (unpaired) electrons. The summed E-state index contributed by atoms with van der Waals surface area (Å²) in [5.41, 5.74) is 0.588. The molecule has 15 heteroatoms. The molecule has 0 bridgehead atoms. The van der Waals surface area contributed by atoms with Crippen molar-refractivity contribution < 1.29 is 26.3 Å². The highest BCUT2D eigenvalue weighted by molar-refractivity contribution is 7.92. The highest BCUT2D eigenvalue weighted by atomic mass is 32.2. The van der Waals surface area contributed by atoms with E-state index in [4.69, 9.17) is 4.74 Å². The number of aryl methyl sites for hydroxylation is 1. The molecule has 0 spiro atoms. The van der Waals surface area contributed by atoms with E-state index < -0.39 is 40.1 Å². The minimum atomic E-state index is -4.75. The van der Waals surface area contributed by atoms with Crippen molar-refractivity contribution in [3.8, 4) is 5.88 Å². The zero-order valence-corrected chi connectivity index (χ0v) is 19.8. The third kappa shape index (κ3) is 5.78. The number of fused-ring (bicyclic) bond motifs is 1. The van der Waals surface area contributed by atoms with Crippen LogP contribution in [0.4, 0.5) is 19.0 Å². The molecule has 2 N–H and O–H groups in total. The van der Waals surface area contributed by atoms with Gasteiger partial charge in [0.05, 0.1) is 22.8 Å². The molecule has 3 heterocycles. The van der Waals surface area contributed by atoms with E-state index in [2.05, 4.69) is 35.5 Å². The van der Waals surface area contributed by atoms with Crippen molar-refractivity contribution in [2.24, 2.45) is 13.0 Å². The number of halogens is 3. The van der Waals surface area contributed by atoms with E-state index in [1.807, 2.05) is 0 Å². The molecule has 4 rings (SSSR count). The van der Waals surface area contributed by atoms with E-state index in [0.29, 0.717) is 17.8 Å². The monoisotopic (exact) mass is 514 g/mol. The SMILES string of the molecule is CCCS(=O)(=O)Nc1nc2ccccc2nc1OC(C1CCNC(c2nnnn2C)C1)C(F)(F)F. The van der Waals surface area contributed by atoms with Crippen molar-refractivity contribution in [2.75, 3.05) is 17.0 Å². The summed E-state index contributed by atoms with van der Waals surface area (Å²) in [5, 5.41) is 14.3. The fourth-order valence-corrected chi connectivity index (χ4v) is 5.17. The van der Waals surface area contributed by atoms with E-state index in [1.54, 1.807) is 38.2 Å². The number of hydrogen-bond donors (Lipinski definition) is 2. The molecule has 3 unspecified atom stereocenters. The molecule has 11 nitrogen and oxygen atoms in total. The van der Waals surface area contributed by atoms with Gasteiger partial charge in [0, 0.05) is 13.0 Å². The summed E-state index contributed by atoms with van der Waals surface area (Å²) < 4.78 is 76.7. The number of nitrogens with one attached hydrogen (secondary N) is 2. The number of alkyl halides is 3. The van der Waals surface area contributed by atoms with Gasteiger partial charge in [0.25, 0.3) is 5.88 Å². The first-order valence-electron chi connectivity index (χ1n) is 11.0. The van der Waals surface area contributed by atoms with Crippen LogP contribution >= 0.6 is 0 Å². The highest BCUT2D eigenvalue weighted by Crippen LogP contribution is 2.39. The second kappa shape index (κ2) is 9.89. The molecule has 1 fully saturated rings.